The molecule has 0 aromatic heterocycles. The Morgan fingerprint density at radius 1 is 1.06 bits per heavy atom. The molecule has 8 heteroatoms. The topological polar surface area (TPSA) is 58.6 Å². The van der Waals surface area contributed by atoms with Gasteiger partial charge in [0.15, 0.2) is 0 Å². The molecular formula is C26H23BrCl2N2O3. The molecule has 1 N–H and O–H groups in total. The molecule has 2 atom stereocenters. The van der Waals surface area contributed by atoms with E-state index in [1.54, 1.807) is 23.1 Å². The number of hydrogen-bond acceptors (Lipinski definition) is 3. The molecule has 0 spiro atoms. The van der Waals surface area contributed by atoms with Crippen LogP contribution in [0.15, 0.2) is 77.3 Å². The highest BCUT2D eigenvalue weighted by Crippen LogP contribution is 2.42. The average molecular weight is 562 g/mol. The highest BCUT2D eigenvalue weighted by molar-refractivity contribution is 9.10. The highest BCUT2D eigenvalue weighted by Gasteiger charge is 2.54. The molecule has 0 bridgehead atoms. The monoisotopic (exact) mass is 560 g/mol. The standard InChI is InChI=1S/C26H23BrCl2N2O3/c1-34-24(32)26(14-17-7-9-20(27)10-8-17)15-19(18-5-3-2-4-6-18)16-31(26)25(33)30-23-12-21(28)11-22(29)13-23/h2-13,19H,14-16H2,1H3,(H,30,33)/t19-,26?/m1/s1. The van der Waals surface area contributed by atoms with Gasteiger partial charge in [-0.2, -0.15) is 0 Å². The highest BCUT2D eigenvalue weighted by atomic mass is 79.9. The van der Waals surface area contributed by atoms with Crippen LogP contribution in [0.3, 0.4) is 0 Å². The number of hydrogen-bond donors (Lipinski definition) is 1. The van der Waals surface area contributed by atoms with E-state index in [1.807, 2.05) is 54.6 Å². The second-order valence-corrected chi connectivity index (χ2v) is 10.1. The van der Waals surface area contributed by atoms with Crippen molar-refractivity contribution in [2.45, 2.75) is 24.3 Å². The summed E-state index contributed by atoms with van der Waals surface area (Å²) in [5, 5.41) is 3.68. The van der Waals surface area contributed by atoms with E-state index >= 15 is 0 Å². The zero-order valence-corrected chi connectivity index (χ0v) is 21.5. The summed E-state index contributed by atoms with van der Waals surface area (Å²) in [5.41, 5.74) is 1.25. The predicted octanol–water partition coefficient (Wildman–Crippen LogP) is 6.93. The van der Waals surface area contributed by atoms with Crippen molar-refractivity contribution in [1.82, 2.24) is 4.90 Å². The van der Waals surface area contributed by atoms with Crippen LogP contribution in [0.4, 0.5) is 10.5 Å². The molecule has 1 saturated heterocycles. The summed E-state index contributed by atoms with van der Waals surface area (Å²) in [7, 11) is 1.36. The first-order chi connectivity index (χ1) is 16.3. The fraction of sp³-hybridized carbons (Fsp3) is 0.231. The Labute approximate surface area is 217 Å². The summed E-state index contributed by atoms with van der Waals surface area (Å²) in [6.45, 7) is 0.357. The van der Waals surface area contributed by atoms with Gasteiger partial charge in [0, 0.05) is 39.1 Å². The van der Waals surface area contributed by atoms with Gasteiger partial charge in [-0.05, 0) is 47.9 Å². The smallest absolute Gasteiger partial charge is 0.332 e. The number of rotatable bonds is 5. The summed E-state index contributed by atoms with van der Waals surface area (Å²) in [5.74, 6) is -0.488. The van der Waals surface area contributed by atoms with Crippen molar-refractivity contribution in [1.29, 1.82) is 0 Å². The van der Waals surface area contributed by atoms with Crippen molar-refractivity contribution >= 4 is 56.8 Å². The SMILES string of the molecule is COC(=O)C1(Cc2ccc(Br)cc2)C[C@@H](c2ccccc2)CN1C(=O)Nc1cc(Cl)cc(Cl)c1. The van der Waals surface area contributed by atoms with Gasteiger partial charge in [0.05, 0.1) is 7.11 Å². The molecule has 0 saturated carbocycles. The number of likely N-dealkylation sites (tertiary alicyclic amines) is 1. The molecule has 0 radical (unpaired) electrons. The van der Waals surface area contributed by atoms with E-state index in [0.717, 1.165) is 15.6 Å². The molecule has 1 heterocycles. The van der Waals surface area contributed by atoms with Gasteiger partial charge in [-0.25, -0.2) is 9.59 Å². The average Bonchev–Trinajstić information content (AvgIpc) is 3.20. The number of methoxy groups -OCH3 is 1. The van der Waals surface area contributed by atoms with Gasteiger partial charge in [-0.3, -0.25) is 0 Å². The predicted molar refractivity (Wildman–Crippen MR) is 139 cm³/mol. The molecule has 1 aliphatic rings. The van der Waals surface area contributed by atoms with E-state index in [1.165, 1.54) is 7.11 Å². The lowest BCUT2D eigenvalue weighted by molar-refractivity contribution is -0.151. The first-order valence-electron chi connectivity index (χ1n) is 10.7. The normalized spacial score (nSPS) is 19.6. The van der Waals surface area contributed by atoms with Crippen molar-refractivity contribution < 1.29 is 14.3 Å². The van der Waals surface area contributed by atoms with Crippen LogP contribution in [0.5, 0.6) is 0 Å². The Kier molecular flexibility index (Phi) is 7.51. The van der Waals surface area contributed by atoms with Crippen LogP contribution >= 0.6 is 39.1 Å². The van der Waals surface area contributed by atoms with E-state index in [9.17, 15) is 9.59 Å². The number of amides is 2. The summed E-state index contributed by atoms with van der Waals surface area (Å²) < 4.78 is 6.21. The summed E-state index contributed by atoms with van der Waals surface area (Å²) >= 11 is 15.7. The Balaban J connectivity index is 1.74. The maximum atomic E-state index is 13.6. The minimum Gasteiger partial charge on any atom is -0.467 e. The Morgan fingerprint density at radius 3 is 2.32 bits per heavy atom. The lowest BCUT2D eigenvalue weighted by atomic mass is 9.83. The van der Waals surface area contributed by atoms with Crippen LogP contribution in [0.1, 0.15) is 23.5 Å². The number of halogens is 3. The molecule has 176 valence electrons. The number of carbonyl (C=O) groups excluding carboxylic acids is 2. The number of benzene rings is 3. The zero-order valence-electron chi connectivity index (χ0n) is 18.4. The number of anilines is 1. The van der Waals surface area contributed by atoms with E-state index in [2.05, 4.69) is 21.2 Å². The third-order valence-electron chi connectivity index (χ3n) is 6.11. The Bertz CT molecular complexity index is 1170. The number of carbonyl (C=O) groups is 2. The van der Waals surface area contributed by atoms with Crippen molar-refractivity contribution in [3.05, 3.63) is 98.4 Å². The molecular weight excluding hydrogens is 539 g/mol. The zero-order chi connectivity index (χ0) is 24.3. The first kappa shape index (κ1) is 24.6. The fourth-order valence-electron chi connectivity index (χ4n) is 4.58. The van der Waals surface area contributed by atoms with E-state index in [0.29, 0.717) is 35.1 Å². The van der Waals surface area contributed by atoms with Crippen molar-refractivity contribution in [2.24, 2.45) is 0 Å². The molecule has 34 heavy (non-hydrogen) atoms. The number of esters is 1. The number of ether oxygens (including phenoxy) is 1. The Morgan fingerprint density at radius 2 is 1.71 bits per heavy atom. The lowest BCUT2D eigenvalue weighted by Gasteiger charge is -2.36. The molecule has 3 aromatic rings. The number of nitrogens with one attached hydrogen (secondary N) is 1. The van der Waals surface area contributed by atoms with Gasteiger partial charge in [0.2, 0.25) is 0 Å². The van der Waals surface area contributed by atoms with E-state index < -0.39 is 17.5 Å². The van der Waals surface area contributed by atoms with E-state index in [4.69, 9.17) is 27.9 Å². The number of nitrogens with zero attached hydrogens (tertiary/aromatic N) is 1. The van der Waals surface area contributed by atoms with Gasteiger partial charge < -0.3 is 15.0 Å². The van der Waals surface area contributed by atoms with Gasteiger partial charge in [-0.15, -0.1) is 0 Å². The molecule has 1 unspecified atom stereocenters. The maximum Gasteiger partial charge on any atom is 0.332 e. The molecule has 0 aliphatic carbocycles. The third-order valence-corrected chi connectivity index (χ3v) is 7.07. The van der Waals surface area contributed by atoms with Crippen LogP contribution in [0.25, 0.3) is 0 Å². The van der Waals surface area contributed by atoms with Crippen LogP contribution in [-0.2, 0) is 16.0 Å². The molecule has 4 rings (SSSR count). The van der Waals surface area contributed by atoms with Crippen molar-refractivity contribution in [2.75, 3.05) is 19.0 Å². The Hall–Kier alpha value is -2.54. The van der Waals surface area contributed by atoms with Crippen LogP contribution in [-0.4, -0.2) is 36.1 Å². The quantitative estimate of drug-likeness (QED) is 0.343. The van der Waals surface area contributed by atoms with Crippen LogP contribution in [0.2, 0.25) is 10.0 Å². The second kappa shape index (κ2) is 10.4. The van der Waals surface area contributed by atoms with Gasteiger partial charge in [0.25, 0.3) is 0 Å². The summed E-state index contributed by atoms with van der Waals surface area (Å²) in [4.78, 5) is 28.6. The number of urea groups is 1. The molecule has 3 aromatic carbocycles. The molecule has 5 nitrogen and oxygen atoms in total. The first-order valence-corrected chi connectivity index (χ1v) is 12.3. The van der Waals surface area contributed by atoms with Crippen molar-refractivity contribution in [3.63, 3.8) is 0 Å². The van der Waals surface area contributed by atoms with Crippen LogP contribution < -0.4 is 5.32 Å². The van der Waals surface area contributed by atoms with Gasteiger partial charge in [-0.1, -0.05) is 81.6 Å². The van der Waals surface area contributed by atoms with Gasteiger partial charge in [0.1, 0.15) is 5.54 Å². The van der Waals surface area contributed by atoms with Crippen molar-refractivity contribution in [3.8, 4) is 0 Å². The molecule has 1 fully saturated rings. The minimum absolute atomic E-state index is 0.0375. The minimum atomic E-state index is -1.18. The second-order valence-electron chi connectivity index (χ2n) is 8.34. The lowest BCUT2D eigenvalue weighted by Crippen LogP contribution is -2.56. The third kappa shape index (κ3) is 5.24. The van der Waals surface area contributed by atoms with Crippen LogP contribution in [0, 0.1) is 0 Å². The molecule has 2 amide bonds. The van der Waals surface area contributed by atoms with Gasteiger partial charge >= 0.3 is 12.0 Å². The summed E-state index contributed by atoms with van der Waals surface area (Å²) in [6.07, 6.45) is 0.753. The summed E-state index contributed by atoms with van der Waals surface area (Å²) in [6, 6.07) is 22.0. The largest absolute Gasteiger partial charge is 0.467 e. The fourth-order valence-corrected chi connectivity index (χ4v) is 5.37. The maximum absolute atomic E-state index is 13.6. The van der Waals surface area contributed by atoms with E-state index in [-0.39, 0.29) is 5.92 Å². The molecule has 1 aliphatic heterocycles.